The largest absolute Gasteiger partial charge is 0.313 e. The van der Waals surface area contributed by atoms with E-state index in [1.165, 1.54) is 38.3 Å². The van der Waals surface area contributed by atoms with Crippen molar-refractivity contribution in [1.82, 2.24) is 10.2 Å². The van der Waals surface area contributed by atoms with Crippen LogP contribution in [-0.2, 0) is 6.54 Å². The minimum atomic E-state index is -0.174. The molecule has 0 radical (unpaired) electrons. The molecule has 1 aliphatic heterocycles. The Morgan fingerprint density at radius 3 is 3.05 bits per heavy atom. The Kier molecular flexibility index (Phi) is 5.79. The number of benzene rings is 1. The highest BCUT2D eigenvalue weighted by Gasteiger charge is 2.17. The lowest BCUT2D eigenvalue weighted by Gasteiger charge is -2.32. The molecule has 106 valence electrons. The molecule has 0 saturated carbocycles. The summed E-state index contributed by atoms with van der Waals surface area (Å²) < 4.78 is 14.1. The fourth-order valence-electron chi connectivity index (χ4n) is 2.68. The molecule has 2 nitrogen and oxygen atoms in total. The average molecular weight is 329 g/mol. The van der Waals surface area contributed by atoms with Crippen LogP contribution in [0.5, 0.6) is 0 Å². The standard InChI is InChI=1S/C15H22BrFN2/c1-19-9-3-2-4-14(19)7-8-18-11-12-10-13(17)5-6-15(12)16/h5-6,10,14,18H,2-4,7-9,11H2,1H3. The lowest BCUT2D eigenvalue weighted by atomic mass is 10.0. The molecular formula is C15H22BrFN2. The van der Waals surface area contributed by atoms with Crippen LogP contribution in [0.1, 0.15) is 31.2 Å². The third-order valence-corrected chi connectivity index (χ3v) is 4.67. The molecule has 1 aromatic carbocycles. The van der Waals surface area contributed by atoms with Gasteiger partial charge >= 0.3 is 0 Å². The Labute approximate surface area is 123 Å². The lowest BCUT2D eigenvalue weighted by Crippen LogP contribution is -2.38. The third-order valence-electron chi connectivity index (χ3n) is 3.90. The quantitative estimate of drug-likeness (QED) is 0.831. The van der Waals surface area contributed by atoms with E-state index in [4.69, 9.17) is 0 Å². The minimum absolute atomic E-state index is 0.174. The minimum Gasteiger partial charge on any atom is -0.313 e. The second-order valence-corrected chi connectivity index (χ2v) is 6.19. The van der Waals surface area contributed by atoms with E-state index in [0.717, 1.165) is 23.1 Å². The number of nitrogens with zero attached hydrogens (tertiary/aromatic N) is 1. The summed E-state index contributed by atoms with van der Waals surface area (Å²) in [5.74, 6) is -0.174. The Bertz CT molecular complexity index is 411. The van der Waals surface area contributed by atoms with Crippen LogP contribution in [0.3, 0.4) is 0 Å². The van der Waals surface area contributed by atoms with Gasteiger partial charge in [0.15, 0.2) is 0 Å². The van der Waals surface area contributed by atoms with E-state index in [0.29, 0.717) is 6.04 Å². The molecule has 2 rings (SSSR count). The summed E-state index contributed by atoms with van der Waals surface area (Å²) in [6.45, 7) is 2.92. The second kappa shape index (κ2) is 7.36. The van der Waals surface area contributed by atoms with E-state index >= 15 is 0 Å². The van der Waals surface area contributed by atoms with Gasteiger partial charge in [0.05, 0.1) is 0 Å². The van der Waals surface area contributed by atoms with Crippen LogP contribution in [0.15, 0.2) is 22.7 Å². The lowest BCUT2D eigenvalue weighted by molar-refractivity contribution is 0.175. The summed E-state index contributed by atoms with van der Waals surface area (Å²) in [7, 11) is 2.22. The summed E-state index contributed by atoms with van der Waals surface area (Å²) in [6.07, 6.45) is 5.16. The van der Waals surface area contributed by atoms with Crippen molar-refractivity contribution in [1.29, 1.82) is 0 Å². The van der Waals surface area contributed by atoms with Gasteiger partial charge in [0.2, 0.25) is 0 Å². The van der Waals surface area contributed by atoms with Gasteiger partial charge in [-0.15, -0.1) is 0 Å². The fraction of sp³-hybridized carbons (Fsp3) is 0.600. The molecule has 1 atom stereocenters. The molecule has 1 aromatic rings. The zero-order valence-corrected chi connectivity index (χ0v) is 13.0. The monoisotopic (exact) mass is 328 g/mol. The van der Waals surface area contributed by atoms with Gasteiger partial charge in [-0.1, -0.05) is 22.4 Å². The number of likely N-dealkylation sites (tertiary alicyclic amines) is 1. The summed E-state index contributed by atoms with van der Waals surface area (Å²) in [5.41, 5.74) is 0.983. The zero-order chi connectivity index (χ0) is 13.7. The first kappa shape index (κ1) is 14.9. The van der Waals surface area contributed by atoms with E-state index < -0.39 is 0 Å². The number of halogens is 2. The Morgan fingerprint density at radius 2 is 2.26 bits per heavy atom. The van der Waals surface area contributed by atoms with Crippen molar-refractivity contribution in [2.45, 2.75) is 38.3 Å². The van der Waals surface area contributed by atoms with Crippen LogP contribution < -0.4 is 5.32 Å². The topological polar surface area (TPSA) is 15.3 Å². The van der Waals surface area contributed by atoms with Crippen molar-refractivity contribution in [3.05, 3.63) is 34.1 Å². The number of hydrogen-bond acceptors (Lipinski definition) is 2. The molecule has 1 saturated heterocycles. The van der Waals surface area contributed by atoms with Crippen molar-refractivity contribution in [2.24, 2.45) is 0 Å². The van der Waals surface area contributed by atoms with Gasteiger partial charge < -0.3 is 10.2 Å². The number of rotatable bonds is 5. The van der Waals surface area contributed by atoms with E-state index in [9.17, 15) is 4.39 Å². The molecule has 0 spiro atoms. The van der Waals surface area contributed by atoms with Crippen LogP contribution in [-0.4, -0.2) is 31.1 Å². The van der Waals surface area contributed by atoms with E-state index in [2.05, 4.69) is 33.2 Å². The first-order chi connectivity index (χ1) is 9.16. The molecule has 0 aliphatic carbocycles. The van der Waals surface area contributed by atoms with E-state index in [-0.39, 0.29) is 5.82 Å². The first-order valence-corrected chi connectivity index (χ1v) is 7.81. The maximum absolute atomic E-state index is 13.1. The average Bonchev–Trinajstić information content (AvgIpc) is 2.40. The van der Waals surface area contributed by atoms with Crippen LogP contribution in [0, 0.1) is 5.82 Å². The maximum atomic E-state index is 13.1. The first-order valence-electron chi connectivity index (χ1n) is 7.01. The van der Waals surface area contributed by atoms with Crippen molar-refractivity contribution in [3.63, 3.8) is 0 Å². The summed E-state index contributed by atoms with van der Waals surface area (Å²) in [6, 6.07) is 5.53. The van der Waals surface area contributed by atoms with Crippen molar-refractivity contribution in [3.8, 4) is 0 Å². The number of hydrogen-bond donors (Lipinski definition) is 1. The van der Waals surface area contributed by atoms with Crippen LogP contribution in [0.25, 0.3) is 0 Å². The Morgan fingerprint density at radius 1 is 1.42 bits per heavy atom. The van der Waals surface area contributed by atoms with E-state index in [1.54, 1.807) is 12.1 Å². The van der Waals surface area contributed by atoms with Crippen molar-refractivity contribution in [2.75, 3.05) is 20.1 Å². The molecule has 1 unspecified atom stereocenters. The summed E-state index contributed by atoms with van der Waals surface area (Å²) in [5, 5.41) is 3.41. The molecule has 1 N–H and O–H groups in total. The molecule has 4 heteroatoms. The molecule has 0 aromatic heterocycles. The SMILES string of the molecule is CN1CCCCC1CCNCc1cc(F)ccc1Br. The van der Waals surface area contributed by atoms with Crippen molar-refractivity contribution >= 4 is 15.9 Å². The molecule has 1 aliphatic rings. The Hall–Kier alpha value is -0.450. The summed E-state index contributed by atoms with van der Waals surface area (Å²) in [4.78, 5) is 2.46. The molecule has 0 bridgehead atoms. The predicted octanol–water partition coefficient (Wildman–Crippen LogP) is 3.55. The van der Waals surface area contributed by atoms with Gasteiger partial charge in [-0.25, -0.2) is 4.39 Å². The van der Waals surface area contributed by atoms with E-state index in [1.807, 2.05) is 0 Å². The van der Waals surface area contributed by atoms with Gasteiger partial charge in [-0.05, 0) is 63.2 Å². The summed E-state index contributed by atoms with van der Waals surface area (Å²) >= 11 is 3.45. The van der Waals surface area contributed by atoms with Crippen LogP contribution in [0.4, 0.5) is 4.39 Å². The van der Waals surface area contributed by atoms with Crippen molar-refractivity contribution < 1.29 is 4.39 Å². The van der Waals surface area contributed by atoms with Gasteiger partial charge in [0, 0.05) is 17.1 Å². The van der Waals surface area contributed by atoms with Gasteiger partial charge in [-0.3, -0.25) is 0 Å². The molecule has 19 heavy (non-hydrogen) atoms. The fourth-order valence-corrected chi connectivity index (χ4v) is 3.07. The van der Waals surface area contributed by atoms with Gasteiger partial charge in [0.25, 0.3) is 0 Å². The molecular weight excluding hydrogens is 307 g/mol. The normalized spacial score (nSPS) is 20.7. The highest BCUT2D eigenvalue weighted by Crippen LogP contribution is 2.19. The van der Waals surface area contributed by atoms with Crippen LogP contribution in [0.2, 0.25) is 0 Å². The molecule has 0 amide bonds. The molecule has 1 heterocycles. The van der Waals surface area contributed by atoms with Gasteiger partial charge in [-0.2, -0.15) is 0 Å². The molecule has 1 fully saturated rings. The van der Waals surface area contributed by atoms with Crippen LogP contribution >= 0.6 is 15.9 Å². The maximum Gasteiger partial charge on any atom is 0.123 e. The third kappa shape index (κ3) is 4.55. The second-order valence-electron chi connectivity index (χ2n) is 5.33. The Balaban J connectivity index is 1.73. The predicted molar refractivity (Wildman–Crippen MR) is 80.7 cm³/mol. The number of piperidine rings is 1. The highest BCUT2D eigenvalue weighted by molar-refractivity contribution is 9.10. The van der Waals surface area contributed by atoms with Gasteiger partial charge in [0.1, 0.15) is 5.82 Å². The zero-order valence-electron chi connectivity index (χ0n) is 11.5. The highest BCUT2D eigenvalue weighted by atomic mass is 79.9. The smallest absolute Gasteiger partial charge is 0.123 e. The number of nitrogens with one attached hydrogen (secondary N) is 1.